The van der Waals surface area contributed by atoms with Crippen molar-refractivity contribution in [2.45, 2.75) is 47.1 Å². The normalized spacial score (nSPS) is 12.7. The SMILES string of the molecule is CCCNC(c1cc(C)ccc1C)c1cc(C)oc1C. The molecule has 1 aromatic heterocycles. The first-order valence-electron chi connectivity index (χ1n) is 7.40. The molecule has 0 fully saturated rings. The van der Waals surface area contributed by atoms with Crippen LogP contribution >= 0.6 is 0 Å². The lowest BCUT2D eigenvalue weighted by molar-refractivity contribution is 0.493. The molecule has 0 aliphatic heterocycles. The summed E-state index contributed by atoms with van der Waals surface area (Å²) in [5, 5.41) is 3.66. The van der Waals surface area contributed by atoms with Crippen molar-refractivity contribution < 1.29 is 4.42 Å². The van der Waals surface area contributed by atoms with E-state index in [4.69, 9.17) is 4.42 Å². The second kappa shape index (κ2) is 6.27. The number of furan rings is 1. The second-order valence-corrected chi connectivity index (χ2v) is 5.62. The summed E-state index contributed by atoms with van der Waals surface area (Å²) < 4.78 is 5.73. The van der Waals surface area contributed by atoms with E-state index in [0.717, 1.165) is 24.5 Å². The van der Waals surface area contributed by atoms with Crippen LogP contribution in [0.2, 0.25) is 0 Å². The van der Waals surface area contributed by atoms with Crippen molar-refractivity contribution >= 4 is 0 Å². The molecule has 2 nitrogen and oxygen atoms in total. The minimum absolute atomic E-state index is 0.215. The molecular formula is C18H25NO. The van der Waals surface area contributed by atoms with Gasteiger partial charge < -0.3 is 9.73 Å². The molecule has 2 aromatic rings. The van der Waals surface area contributed by atoms with Gasteiger partial charge in [0.05, 0.1) is 6.04 Å². The zero-order valence-corrected chi connectivity index (χ0v) is 13.2. The first-order chi connectivity index (χ1) is 9.52. The van der Waals surface area contributed by atoms with Crippen molar-refractivity contribution in [1.82, 2.24) is 5.32 Å². The molecule has 0 spiro atoms. The van der Waals surface area contributed by atoms with Crippen LogP contribution in [0.25, 0.3) is 0 Å². The highest BCUT2D eigenvalue weighted by Crippen LogP contribution is 2.30. The van der Waals surface area contributed by atoms with E-state index in [1.807, 2.05) is 13.8 Å². The maximum Gasteiger partial charge on any atom is 0.106 e. The summed E-state index contributed by atoms with van der Waals surface area (Å²) in [7, 11) is 0. The summed E-state index contributed by atoms with van der Waals surface area (Å²) in [6.07, 6.45) is 1.12. The van der Waals surface area contributed by atoms with E-state index in [-0.39, 0.29) is 6.04 Å². The van der Waals surface area contributed by atoms with Gasteiger partial charge in [-0.05, 0) is 57.9 Å². The molecule has 0 radical (unpaired) electrons. The predicted molar refractivity (Wildman–Crippen MR) is 84.2 cm³/mol. The first-order valence-corrected chi connectivity index (χ1v) is 7.40. The highest BCUT2D eigenvalue weighted by atomic mass is 16.3. The van der Waals surface area contributed by atoms with Crippen LogP contribution in [-0.4, -0.2) is 6.54 Å². The molecule has 2 rings (SSSR count). The molecule has 0 saturated heterocycles. The Balaban J connectivity index is 2.46. The Kier molecular flexibility index (Phi) is 4.66. The van der Waals surface area contributed by atoms with Gasteiger partial charge in [-0.3, -0.25) is 0 Å². The van der Waals surface area contributed by atoms with Crippen LogP contribution in [0.4, 0.5) is 0 Å². The fourth-order valence-corrected chi connectivity index (χ4v) is 2.68. The molecule has 1 aromatic carbocycles. The largest absolute Gasteiger partial charge is 0.466 e. The van der Waals surface area contributed by atoms with Crippen LogP contribution in [0.1, 0.15) is 53.2 Å². The molecule has 0 saturated carbocycles. The minimum atomic E-state index is 0.215. The maximum absolute atomic E-state index is 5.73. The van der Waals surface area contributed by atoms with Crippen molar-refractivity contribution in [3.8, 4) is 0 Å². The summed E-state index contributed by atoms with van der Waals surface area (Å²) >= 11 is 0. The summed E-state index contributed by atoms with van der Waals surface area (Å²) in [5.74, 6) is 1.99. The fourth-order valence-electron chi connectivity index (χ4n) is 2.68. The number of benzene rings is 1. The lowest BCUT2D eigenvalue weighted by Gasteiger charge is -2.21. The van der Waals surface area contributed by atoms with Gasteiger partial charge in [-0.2, -0.15) is 0 Å². The first kappa shape index (κ1) is 14.9. The van der Waals surface area contributed by atoms with Crippen LogP contribution in [0.5, 0.6) is 0 Å². The Bertz CT molecular complexity index is 583. The van der Waals surface area contributed by atoms with E-state index in [0.29, 0.717) is 0 Å². The zero-order valence-electron chi connectivity index (χ0n) is 13.2. The van der Waals surface area contributed by atoms with Gasteiger partial charge in [0, 0.05) is 5.56 Å². The summed E-state index contributed by atoms with van der Waals surface area (Å²) in [6.45, 7) is 11.6. The minimum Gasteiger partial charge on any atom is -0.466 e. The Morgan fingerprint density at radius 2 is 1.80 bits per heavy atom. The predicted octanol–water partition coefficient (Wildman–Crippen LogP) is 4.60. The highest BCUT2D eigenvalue weighted by Gasteiger charge is 2.20. The van der Waals surface area contributed by atoms with Crippen LogP contribution in [0.3, 0.4) is 0 Å². The number of hydrogen-bond acceptors (Lipinski definition) is 2. The van der Waals surface area contributed by atoms with E-state index in [2.05, 4.69) is 50.4 Å². The van der Waals surface area contributed by atoms with E-state index in [9.17, 15) is 0 Å². The molecular weight excluding hydrogens is 246 g/mol. The molecule has 20 heavy (non-hydrogen) atoms. The van der Waals surface area contributed by atoms with Gasteiger partial charge in [0.2, 0.25) is 0 Å². The quantitative estimate of drug-likeness (QED) is 0.859. The molecule has 2 heteroatoms. The van der Waals surface area contributed by atoms with Gasteiger partial charge in [-0.1, -0.05) is 30.7 Å². The Labute approximate surface area is 122 Å². The molecule has 0 amide bonds. The van der Waals surface area contributed by atoms with Crippen LogP contribution in [0.15, 0.2) is 28.7 Å². The summed E-state index contributed by atoms with van der Waals surface area (Å²) in [5.41, 5.74) is 5.22. The van der Waals surface area contributed by atoms with Gasteiger partial charge in [-0.25, -0.2) is 0 Å². The van der Waals surface area contributed by atoms with Gasteiger partial charge in [0.15, 0.2) is 0 Å². The number of aryl methyl sites for hydroxylation is 4. The zero-order chi connectivity index (χ0) is 14.7. The van der Waals surface area contributed by atoms with E-state index < -0.39 is 0 Å². The lowest BCUT2D eigenvalue weighted by atomic mass is 9.93. The maximum atomic E-state index is 5.73. The van der Waals surface area contributed by atoms with E-state index >= 15 is 0 Å². The van der Waals surface area contributed by atoms with Crippen molar-refractivity contribution in [1.29, 1.82) is 0 Å². The Morgan fingerprint density at radius 3 is 2.40 bits per heavy atom. The average Bonchev–Trinajstić information content (AvgIpc) is 2.73. The Morgan fingerprint density at radius 1 is 1.05 bits per heavy atom. The van der Waals surface area contributed by atoms with Gasteiger partial charge in [0.25, 0.3) is 0 Å². The molecule has 1 unspecified atom stereocenters. The van der Waals surface area contributed by atoms with Crippen LogP contribution in [-0.2, 0) is 0 Å². The summed E-state index contributed by atoms with van der Waals surface area (Å²) in [4.78, 5) is 0. The second-order valence-electron chi connectivity index (χ2n) is 5.62. The molecule has 1 atom stereocenters. The molecule has 0 aliphatic carbocycles. The van der Waals surface area contributed by atoms with Crippen LogP contribution < -0.4 is 5.32 Å². The lowest BCUT2D eigenvalue weighted by Crippen LogP contribution is -2.24. The molecule has 0 aliphatic rings. The van der Waals surface area contributed by atoms with Crippen molar-refractivity contribution in [2.75, 3.05) is 6.54 Å². The number of rotatable bonds is 5. The standard InChI is InChI=1S/C18H25NO/c1-6-9-19-18(17-11-14(4)20-15(17)5)16-10-12(2)7-8-13(16)3/h7-8,10-11,18-19H,6,9H2,1-5H3. The van der Waals surface area contributed by atoms with E-state index in [1.165, 1.54) is 22.3 Å². The van der Waals surface area contributed by atoms with E-state index in [1.54, 1.807) is 0 Å². The van der Waals surface area contributed by atoms with Crippen LogP contribution in [0, 0.1) is 27.7 Å². The number of hydrogen-bond donors (Lipinski definition) is 1. The fraction of sp³-hybridized carbons (Fsp3) is 0.444. The van der Waals surface area contributed by atoms with Gasteiger partial charge in [0.1, 0.15) is 11.5 Å². The third-order valence-electron chi connectivity index (χ3n) is 3.73. The monoisotopic (exact) mass is 271 g/mol. The Hall–Kier alpha value is -1.54. The highest BCUT2D eigenvalue weighted by molar-refractivity contribution is 5.40. The van der Waals surface area contributed by atoms with Crippen molar-refractivity contribution in [2.24, 2.45) is 0 Å². The van der Waals surface area contributed by atoms with Gasteiger partial charge >= 0.3 is 0 Å². The average molecular weight is 271 g/mol. The van der Waals surface area contributed by atoms with Crippen molar-refractivity contribution in [3.63, 3.8) is 0 Å². The molecule has 1 heterocycles. The smallest absolute Gasteiger partial charge is 0.106 e. The molecule has 0 bridgehead atoms. The van der Waals surface area contributed by atoms with Gasteiger partial charge in [-0.15, -0.1) is 0 Å². The summed E-state index contributed by atoms with van der Waals surface area (Å²) in [6, 6.07) is 9.03. The third kappa shape index (κ3) is 3.13. The topological polar surface area (TPSA) is 25.2 Å². The molecule has 1 N–H and O–H groups in total. The number of nitrogens with one attached hydrogen (secondary N) is 1. The third-order valence-corrected chi connectivity index (χ3v) is 3.73. The van der Waals surface area contributed by atoms with Crippen molar-refractivity contribution in [3.05, 3.63) is 58.0 Å². The molecule has 108 valence electrons.